The van der Waals surface area contributed by atoms with Crippen molar-refractivity contribution in [3.8, 4) is 11.3 Å². The fraction of sp³-hybridized carbons (Fsp3) is 0.619. The van der Waals surface area contributed by atoms with Gasteiger partial charge in [-0.15, -0.1) is 0 Å². The van der Waals surface area contributed by atoms with Crippen LogP contribution in [0.5, 0.6) is 0 Å². The van der Waals surface area contributed by atoms with Crippen LogP contribution in [-0.2, 0) is 10.9 Å². The van der Waals surface area contributed by atoms with Gasteiger partial charge in [0.05, 0.1) is 24.0 Å². The predicted octanol–water partition coefficient (Wildman–Crippen LogP) is 3.56. The van der Waals surface area contributed by atoms with Crippen LogP contribution in [0, 0.1) is 11.8 Å². The smallest absolute Gasteiger partial charge is 0.383 e. The van der Waals surface area contributed by atoms with E-state index in [1.807, 2.05) is 24.6 Å². The van der Waals surface area contributed by atoms with Gasteiger partial charge < -0.3 is 10.5 Å². The maximum Gasteiger partial charge on any atom is 0.419 e. The average Bonchev–Trinajstić information content (AvgIpc) is 3.02. The van der Waals surface area contributed by atoms with E-state index < -0.39 is 17.6 Å². The molecule has 3 aliphatic rings. The van der Waals surface area contributed by atoms with Crippen molar-refractivity contribution in [3.63, 3.8) is 0 Å². The van der Waals surface area contributed by atoms with Crippen LogP contribution in [0.1, 0.15) is 43.5 Å². The minimum atomic E-state index is -4.55. The van der Waals surface area contributed by atoms with Crippen LogP contribution in [0.15, 0.2) is 18.3 Å². The molecule has 2 aliphatic carbocycles. The lowest BCUT2D eigenvalue weighted by Crippen LogP contribution is -2.48. The summed E-state index contributed by atoms with van der Waals surface area (Å²) >= 11 is 0. The minimum Gasteiger partial charge on any atom is -0.383 e. The molecule has 6 nitrogen and oxygen atoms in total. The Morgan fingerprint density at radius 1 is 1.27 bits per heavy atom. The Kier molecular flexibility index (Phi) is 4.41. The number of hydrogen-bond donors (Lipinski definition) is 1. The highest BCUT2D eigenvalue weighted by Crippen LogP contribution is 2.65. The van der Waals surface area contributed by atoms with Gasteiger partial charge in [-0.1, -0.05) is 0 Å². The van der Waals surface area contributed by atoms with Crippen LogP contribution in [0.3, 0.4) is 0 Å². The fourth-order valence-electron chi connectivity index (χ4n) is 5.44. The molecule has 2 saturated carbocycles. The molecule has 0 aromatic carbocycles. The average molecular weight is 421 g/mol. The molecule has 0 bridgehead atoms. The van der Waals surface area contributed by atoms with E-state index in [2.05, 4.69) is 22.0 Å². The molecule has 5 atom stereocenters. The second-order valence-electron chi connectivity index (χ2n) is 9.03. The Balaban J connectivity index is 1.48. The number of likely N-dealkylation sites (N-methyl/N-ethyl adjacent to an activating group) is 1. The van der Waals surface area contributed by atoms with E-state index in [-0.39, 0.29) is 12.1 Å². The Morgan fingerprint density at radius 3 is 2.73 bits per heavy atom. The van der Waals surface area contributed by atoms with Crippen LogP contribution < -0.4 is 5.73 Å². The monoisotopic (exact) mass is 421 g/mol. The van der Waals surface area contributed by atoms with Crippen LogP contribution in [0.2, 0.25) is 0 Å². The number of morpholine rings is 1. The van der Waals surface area contributed by atoms with Gasteiger partial charge in [0, 0.05) is 42.0 Å². The number of pyridine rings is 1. The van der Waals surface area contributed by atoms with E-state index in [4.69, 9.17) is 10.5 Å². The number of halogens is 3. The summed E-state index contributed by atoms with van der Waals surface area (Å²) in [6, 6.07) is 3.54. The molecular weight excluding hydrogens is 395 g/mol. The summed E-state index contributed by atoms with van der Waals surface area (Å²) in [5.41, 5.74) is 6.44. The zero-order valence-electron chi connectivity index (χ0n) is 17.2. The molecule has 3 fully saturated rings. The number of ether oxygens (including phenoxy) is 1. The number of nitrogens with two attached hydrogens (primary N) is 1. The third-order valence-corrected chi connectivity index (χ3v) is 6.94. The summed E-state index contributed by atoms with van der Waals surface area (Å²) in [6.07, 6.45) is -1.86. The van der Waals surface area contributed by atoms with Crippen molar-refractivity contribution < 1.29 is 17.9 Å². The van der Waals surface area contributed by atoms with E-state index in [1.54, 1.807) is 0 Å². The number of aromatic nitrogens is 3. The lowest BCUT2D eigenvalue weighted by Gasteiger charge is -2.37. The molecule has 0 amide bonds. The predicted molar refractivity (Wildman–Crippen MR) is 106 cm³/mol. The number of nitrogen functional groups attached to an aromatic ring is 1. The van der Waals surface area contributed by atoms with Crippen LogP contribution in [0.4, 0.5) is 19.0 Å². The molecule has 9 heteroatoms. The lowest BCUT2D eigenvalue weighted by atomic mass is 9.99. The summed E-state index contributed by atoms with van der Waals surface area (Å²) < 4.78 is 47.9. The Labute approximate surface area is 173 Å². The Bertz CT molecular complexity index is 972. The normalized spacial score (nSPS) is 31.1. The summed E-state index contributed by atoms with van der Waals surface area (Å²) in [4.78, 5) is 6.16. The maximum atomic E-state index is 13.3. The third-order valence-electron chi connectivity index (χ3n) is 6.94. The van der Waals surface area contributed by atoms with Crippen molar-refractivity contribution in [2.75, 3.05) is 25.9 Å². The fourth-order valence-corrected chi connectivity index (χ4v) is 5.44. The van der Waals surface area contributed by atoms with E-state index in [9.17, 15) is 13.2 Å². The SMILES string of the molecule is CC(C)n1nc(-c2cnc(N)c(C(F)(F)F)c2)cc1C1[C@@H]2C3OCCN(C)C3C[C@H]12. The molecule has 0 radical (unpaired) electrons. The number of anilines is 1. The second-order valence-corrected chi connectivity index (χ2v) is 9.03. The zero-order valence-corrected chi connectivity index (χ0v) is 17.2. The number of rotatable bonds is 3. The highest BCUT2D eigenvalue weighted by atomic mass is 19.4. The standard InChI is InChI=1S/C21H26F3N5O/c1-10(2)29-15(17-12-7-16-19(18(12)17)30-5-4-28(16)3)8-14(27-29)11-6-13(21(22,23)24)20(25)26-9-11/h6,8-10,12,16-19H,4-5,7H2,1-3H3,(H2,25,26)/t12-,16?,17?,18-,19?/m1/s1. The molecule has 2 aromatic heterocycles. The van der Waals surface area contributed by atoms with E-state index >= 15 is 0 Å². The summed E-state index contributed by atoms with van der Waals surface area (Å²) in [5.74, 6) is 0.814. The van der Waals surface area contributed by atoms with Gasteiger partial charge in [0.25, 0.3) is 0 Å². The maximum absolute atomic E-state index is 13.3. The molecule has 162 valence electrons. The van der Waals surface area contributed by atoms with Crippen molar-refractivity contribution >= 4 is 5.82 Å². The zero-order chi connectivity index (χ0) is 21.4. The number of fused-ring (bicyclic) bond motifs is 3. The molecule has 5 rings (SSSR count). The van der Waals surface area contributed by atoms with Crippen molar-refractivity contribution in [2.45, 2.75) is 50.6 Å². The molecule has 1 aliphatic heterocycles. The largest absolute Gasteiger partial charge is 0.419 e. The lowest BCUT2D eigenvalue weighted by molar-refractivity contribution is -0.137. The van der Waals surface area contributed by atoms with E-state index in [0.717, 1.165) is 31.3 Å². The molecular formula is C21H26F3N5O. The highest BCUT2D eigenvalue weighted by molar-refractivity contribution is 5.63. The van der Waals surface area contributed by atoms with Gasteiger partial charge in [-0.2, -0.15) is 18.3 Å². The molecule has 3 unspecified atom stereocenters. The number of alkyl halides is 3. The molecule has 1 saturated heterocycles. The Hall–Kier alpha value is -2.13. The van der Waals surface area contributed by atoms with Gasteiger partial charge >= 0.3 is 6.18 Å². The van der Waals surface area contributed by atoms with E-state index in [0.29, 0.717) is 35.1 Å². The first-order chi connectivity index (χ1) is 14.2. The van der Waals surface area contributed by atoms with Gasteiger partial charge in [-0.3, -0.25) is 9.58 Å². The molecule has 2 aromatic rings. The number of nitrogens with zero attached hydrogens (tertiary/aromatic N) is 4. The third kappa shape index (κ3) is 3.01. The van der Waals surface area contributed by atoms with Crippen molar-refractivity contribution in [1.82, 2.24) is 19.7 Å². The first-order valence-corrected chi connectivity index (χ1v) is 10.4. The molecule has 3 heterocycles. The summed E-state index contributed by atoms with van der Waals surface area (Å²) in [6.45, 7) is 5.79. The molecule has 2 N–H and O–H groups in total. The van der Waals surface area contributed by atoms with E-state index in [1.165, 1.54) is 6.20 Å². The first-order valence-electron chi connectivity index (χ1n) is 10.4. The van der Waals surface area contributed by atoms with Crippen molar-refractivity contribution in [3.05, 3.63) is 29.6 Å². The minimum absolute atomic E-state index is 0.102. The van der Waals surface area contributed by atoms with Gasteiger partial charge in [0.15, 0.2) is 0 Å². The van der Waals surface area contributed by atoms with Gasteiger partial charge in [0.1, 0.15) is 5.82 Å². The summed E-state index contributed by atoms with van der Waals surface area (Å²) in [5, 5.41) is 4.66. The van der Waals surface area contributed by atoms with Gasteiger partial charge in [0.2, 0.25) is 0 Å². The highest BCUT2D eigenvalue weighted by Gasteiger charge is 2.65. The summed E-state index contributed by atoms with van der Waals surface area (Å²) in [7, 11) is 2.16. The quantitative estimate of drug-likeness (QED) is 0.821. The Morgan fingerprint density at radius 2 is 2.03 bits per heavy atom. The molecule has 0 spiro atoms. The van der Waals surface area contributed by atoms with Crippen molar-refractivity contribution in [1.29, 1.82) is 0 Å². The topological polar surface area (TPSA) is 69.2 Å². The van der Waals surface area contributed by atoms with Crippen molar-refractivity contribution in [2.24, 2.45) is 11.8 Å². The van der Waals surface area contributed by atoms with Gasteiger partial charge in [-0.05, 0) is 51.3 Å². The second kappa shape index (κ2) is 6.68. The van der Waals surface area contributed by atoms with Crippen LogP contribution in [0.25, 0.3) is 11.3 Å². The number of hydrogen-bond acceptors (Lipinski definition) is 5. The van der Waals surface area contributed by atoms with Gasteiger partial charge in [-0.25, -0.2) is 4.98 Å². The molecule has 30 heavy (non-hydrogen) atoms. The van der Waals surface area contributed by atoms with Crippen LogP contribution >= 0.6 is 0 Å². The van der Waals surface area contributed by atoms with Crippen LogP contribution in [-0.4, -0.2) is 52.0 Å². The first kappa shape index (κ1) is 19.8.